The zero-order valence-corrected chi connectivity index (χ0v) is 22.0. The third-order valence-electron chi connectivity index (χ3n) is 6.98. The lowest BCUT2D eigenvalue weighted by Crippen LogP contribution is -2.35. The Hall–Kier alpha value is -4.47. The number of hydrogen-bond donors (Lipinski definition) is 1. The number of pyridine rings is 2. The standard InChI is InChI=1S/C31H28FN5O3/c1-20-25-8-6-22(23-14-21(16-33-17-23)19-37-10-12-39-13-11-37)15-26(25)30(35-20)31(38)36-24-7-9-29(34-18-24)40-28-5-3-2-4-27(28)32/h2-9,14-18,20H,10-13,19H2,1H3,(H,36,38)/t20-/m0/s1. The molecule has 2 aliphatic heterocycles. The Balaban J connectivity index is 1.17. The van der Waals surface area contributed by atoms with Gasteiger partial charge < -0.3 is 14.8 Å². The van der Waals surface area contributed by atoms with Crippen LogP contribution >= 0.6 is 0 Å². The van der Waals surface area contributed by atoms with Crippen LogP contribution in [0.25, 0.3) is 11.1 Å². The van der Waals surface area contributed by atoms with Crippen LogP contribution in [0.1, 0.15) is 29.7 Å². The fourth-order valence-electron chi connectivity index (χ4n) is 4.91. The van der Waals surface area contributed by atoms with Gasteiger partial charge in [-0.2, -0.15) is 0 Å². The minimum absolute atomic E-state index is 0.0790. The van der Waals surface area contributed by atoms with E-state index < -0.39 is 5.82 Å². The summed E-state index contributed by atoms with van der Waals surface area (Å²) in [6, 6.07) is 17.4. The van der Waals surface area contributed by atoms with Crippen LogP contribution in [-0.2, 0) is 16.1 Å². The smallest absolute Gasteiger partial charge is 0.274 e. The number of aromatic nitrogens is 2. The molecule has 40 heavy (non-hydrogen) atoms. The number of carbonyl (C=O) groups is 1. The Morgan fingerprint density at radius 3 is 2.70 bits per heavy atom. The quantitative estimate of drug-likeness (QED) is 0.339. The Labute approximate surface area is 231 Å². The predicted octanol–water partition coefficient (Wildman–Crippen LogP) is 5.41. The topological polar surface area (TPSA) is 88.9 Å². The molecule has 9 heteroatoms. The summed E-state index contributed by atoms with van der Waals surface area (Å²) in [4.78, 5) is 29.0. The Bertz CT molecular complexity index is 1570. The Morgan fingerprint density at radius 1 is 1.05 bits per heavy atom. The first-order chi connectivity index (χ1) is 19.5. The van der Waals surface area contributed by atoms with Gasteiger partial charge in [-0.3, -0.25) is 19.7 Å². The number of rotatable bonds is 7. The summed E-state index contributed by atoms with van der Waals surface area (Å²) >= 11 is 0. The maximum absolute atomic E-state index is 13.9. The molecule has 1 N–H and O–H groups in total. The number of nitrogens with one attached hydrogen (secondary N) is 1. The van der Waals surface area contributed by atoms with E-state index in [-0.39, 0.29) is 23.6 Å². The number of fused-ring (bicyclic) bond motifs is 1. The van der Waals surface area contributed by atoms with E-state index in [4.69, 9.17) is 9.47 Å². The molecule has 2 aliphatic rings. The molecule has 0 aliphatic carbocycles. The highest BCUT2D eigenvalue weighted by atomic mass is 19.1. The minimum Gasteiger partial charge on any atom is -0.436 e. The molecule has 202 valence electrons. The molecule has 1 saturated heterocycles. The first-order valence-electron chi connectivity index (χ1n) is 13.2. The van der Waals surface area contributed by atoms with Crippen molar-refractivity contribution in [2.75, 3.05) is 31.6 Å². The molecule has 0 unspecified atom stereocenters. The summed E-state index contributed by atoms with van der Waals surface area (Å²) in [5, 5.41) is 2.87. The van der Waals surface area contributed by atoms with Crippen LogP contribution in [0.4, 0.5) is 10.1 Å². The fourth-order valence-corrected chi connectivity index (χ4v) is 4.91. The number of carbonyl (C=O) groups excluding carboxylic acids is 1. The summed E-state index contributed by atoms with van der Waals surface area (Å²) < 4.78 is 24.8. The third kappa shape index (κ3) is 5.61. The number of anilines is 1. The van der Waals surface area contributed by atoms with Crippen molar-refractivity contribution >= 4 is 17.3 Å². The average molecular weight is 538 g/mol. The van der Waals surface area contributed by atoms with Gasteiger partial charge in [-0.05, 0) is 53.9 Å². The van der Waals surface area contributed by atoms with Gasteiger partial charge in [-0.25, -0.2) is 9.37 Å². The predicted molar refractivity (Wildman–Crippen MR) is 150 cm³/mol. The maximum atomic E-state index is 13.9. The number of nitrogens with zero attached hydrogens (tertiary/aromatic N) is 4. The second kappa shape index (κ2) is 11.3. The molecule has 0 spiro atoms. The molecule has 6 rings (SSSR count). The molecule has 0 bridgehead atoms. The first kappa shape index (κ1) is 25.8. The van der Waals surface area contributed by atoms with Gasteiger partial charge in [0.25, 0.3) is 5.91 Å². The van der Waals surface area contributed by atoms with E-state index >= 15 is 0 Å². The van der Waals surface area contributed by atoms with E-state index in [1.807, 2.05) is 31.5 Å². The zero-order valence-electron chi connectivity index (χ0n) is 22.0. The molecule has 0 saturated carbocycles. The lowest BCUT2D eigenvalue weighted by molar-refractivity contribution is -0.110. The highest BCUT2D eigenvalue weighted by molar-refractivity contribution is 6.50. The van der Waals surface area contributed by atoms with E-state index in [9.17, 15) is 9.18 Å². The van der Waals surface area contributed by atoms with Crippen LogP contribution in [0.5, 0.6) is 11.6 Å². The van der Waals surface area contributed by atoms with Crippen molar-refractivity contribution in [3.05, 3.63) is 102 Å². The van der Waals surface area contributed by atoms with E-state index in [0.717, 1.165) is 60.7 Å². The van der Waals surface area contributed by atoms with Crippen molar-refractivity contribution in [3.63, 3.8) is 0 Å². The van der Waals surface area contributed by atoms with Crippen molar-refractivity contribution in [2.24, 2.45) is 4.99 Å². The summed E-state index contributed by atoms with van der Waals surface area (Å²) in [5.41, 5.74) is 5.74. The van der Waals surface area contributed by atoms with Gasteiger partial charge >= 0.3 is 0 Å². The monoisotopic (exact) mass is 537 g/mol. The van der Waals surface area contributed by atoms with Gasteiger partial charge in [-0.15, -0.1) is 0 Å². The molecule has 1 amide bonds. The van der Waals surface area contributed by atoms with Crippen molar-refractivity contribution in [2.45, 2.75) is 19.5 Å². The molecule has 0 radical (unpaired) electrons. The van der Waals surface area contributed by atoms with Gasteiger partial charge in [0.1, 0.15) is 5.71 Å². The Kier molecular flexibility index (Phi) is 7.31. The Morgan fingerprint density at radius 2 is 1.90 bits per heavy atom. The normalized spacial score (nSPS) is 16.8. The largest absolute Gasteiger partial charge is 0.436 e. The van der Waals surface area contributed by atoms with Gasteiger partial charge in [-0.1, -0.05) is 24.3 Å². The molecule has 1 fully saturated rings. The van der Waals surface area contributed by atoms with E-state index in [0.29, 0.717) is 11.4 Å². The number of ether oxygens (including phenoxy) is 2. The van der Waals surface area contributed by atoms with Crippen molar-refractivity contribution in [3.8, 4) is 22.8 Å². The number of hydrogen-bond acceptors (Lipinski definition) is 7. The van der Waals surface area contributed by atoms with Crippen molar-refractivity contribution < 1.29 is 18.7 Å². The number of morpholine rings is 1. The summed E-state index contributed by atoms with van der Waals surface area (Å²) in [6.07, 6.45) is 5.21. The first-order valence-corrected chi connectivity index (χ1v) is 13.2. The molecule has 2 aromatic carbocycles. The summed E-state index contributed by atoms with van der Waals surface area (Å²) in [5.74, 6) is -0.510. The lowest BCUT2D eigenvalue weighted by atomic mass is 9.96. The number of aliphatic imine (C=N–C) groups is 1. The van der Waals surface area contributed by atoms with E-state index in [2.05, 4.69) is 37.3 Å². The van der Waals surface area contributed by atoms with E-state index in [1.54, 1.807) is 24.3 Å². The van der Waals surface area contributed by atoms with Crippen LogP contribution in [-0.4, -0.2) is 52.8 Å². The van der Waals surface area contributed by atoms with Crippen LogP contribution in [0.3, 0.4) is 0 Å². The van der Waals surface area contributed by atoms with Crippen LogP contribution in [0.2, 0.25) is 0 Å². The lowest BCUT2D eigenvalue weighted by Gasteiger charge is -2.26. The highest BCUT2D eigenvalue weighted by Crippen LogP contribution is 2.33. The molecule has 2 aromatic heterocycles. The summed E-state index contributed by atoms with van der Waals surface area (Å²) in [6.45, 7) is 6.11. The molecule has 4 heterocycles. The highest BCUT2D eigenvalue weighted by Gasteiger charge is 2.27. The second-order valence-corrected chi connectivity index (χ2v) is 9.80. The number of para-hydroxylation sites is 1. The number of amides is 1. The van der Waals surface area contributed by atoms with Gasteiger partial charge in [0, 0.05) is 49.2 Å². The SMILES string of the molecule is C[C@@H]1N=C(C(=O)Nc2ccc(Oc3ccccc3F)nc2)c2cc(-c3cncc(CN4CCOCC4)c3)ccc21. The third-order valence-corrected chi connectivity index (χ3v) is 6.98. The summed E-state index contributed by atoms with van der Waals surface area (Å²) in [7, 11) is 0. The van der Waals surface area contributed by atoms with E-state index in [1.165, 1.54) is 18.3 Å². The average Bonchev–Trinajstić information content (AvgIpc) is 3.32. The number of halogens is 1. The molecular formula is C31H28FN5O3. The van der Waals surface area contributed by atoms with Crippen LogP contribution in [0, 0.1) is 5.82 Å². The van der Waals surface area contributed by atoms with Crippen LogP contribution in [0.15, 0.2) is 84.2 Å². The van der Waals surface area contributed by atoms with Gasteiger partial charge in [0.15, 0.2) is 11.6 Å². The second-order valence-electron chi connectivity index (χ2n) is 9.80. The minimum atomic E-state index is -0.479. The van der Waals surface area contributed by atoms with Crippen molar-refractivity contribution in [1.29, 1.82) is 0 Å². The fraction of sp³-hybridized carbons (Fsp3) is 0.226. The zero-order chi connectivity index (χ0) is 27.5. The van der Waals surface area contributed by atoms with Crippen molar-refractivity contribution in [1.82, 2.24) is 14.9 Å². The molecular weight excluding hydrogens is 509 g/mol. The van der Waals surface area contributed by atoms with Gasteiger partial charge in [0.05, 0.1) is 31.1 Å². The van der Waals surface area contributed by atoms with Crippen LogP contribution < -0.4 is 10.1 Å². The maximum Gasteiger partial charge on any atom is 0.274 e. The molecule has 4 aromatic rings. The molecule has 8 nitrogen and oxygen atoms in total. The number of benzene rings is 2. The van der Waals surface area contributed by atoms with Gasteiger partial charge in [0.2, 0.25) is 5.88 Å². The molecule has 1 atom stereocenters.